The van der Waals surface area contributed by atoms with Gasteiger partial charge in [-0.25, -0.2) is 0 Å². The van der Waals surface area contributed by atoms with Crippen molar-refractivity contribution in [2.45, 2.75) is 63.6 Å². The summed E-state index contributed by atoms with van der Waals surface area (Å²) in [5.74, 6) is -1.16. The molecule has 48 heavy (non-hydrogen) atoms. The molecule has 1 aliphatic heterocycles. The quantitative estimate of drug-likeness (QED) is 0.125. The summed E-state index contributed by atoms with van der Waals surface area (Å²) >= 11 is 0. The van der Waals surface area contributed by atoms with E-state index in [9.17, 15) is 19.5 Å². The first-order valence-electron chi connectivity index (χ1n) is 16.8. The minimum absolute atomic E-state index is 0.00674. The summed E-state index contributed by atoms with van der Waals surface area (Å²) in [5, 5.41) is 12.8. The van der Waals surface area contributed by atoms with E-state index in [4.69, 9.17) is 9.47 Å². The Kier molecular flexibility index (Phi) is 14.5. The van der Waals surface area contributed by atoms with Gasteiger partial charge in [0.1, 0.15) is 19.0 Å². The number of amides is 2. The molecule has 254 valence electrons. The van der Waals surface area contributed by atoms with Gasteiger partial charge in [0.2, 0.25) is 11.8 Å². The number of aliphatic hydroxyl groups excluding tert-OH is 1. The Balaban J connectivity index is 1.44. The van der Waals surface area contributed by atoms with Crippen molar-refractivity contribution in [2.24, 2.45) is 11.8 Å². The molecule has 8 heteroatoms. The second-order valence-corrected chi connectivity index (χ2v) is 12.4. The fourth-order valence-corrected chi connectivity index (χ4v) is 6.05. The molecule has 3 aromatic rings. The summed E-state index contributed by atoms with van der Waals surface area (Å²) in [7, 11) is 0. The van der Waals surface area contributed by atoms with Gasteiger partial charge < -0.3 is 24.8 Å². The highest BCUT2D eigenvalue weighted by molar-refractivity contribution is 5.86. The zero-order valence-electron chi connectivity index (χ0n) is 27.7. The van der Waals surface area contributed by atoms with Crippen molar-refractivity contribution in [3.63, 3.8) is 0 Å². The third kappa shape index (κ3) is 11.2. The standard InChI is InChI=1S/C40H48N2O6/c1-3-12-33(26-38(44)42-23-11-18-36(42)27-43)39(45)41-35(29-48-40(46)34(13-4-2)24-30-14-7-5-8-15-30)25-31-19-21-37(22-20-31)47-28-32-16-9-6-10-17-32/h3-10,14-17,19-22,33-36,43H,1-2,11-13,18,23-29H2,(H,41,45). The van der Waals surface area contributed by atoms with Crippen LogP contribution in [-0.4, -0.2) is 59.6 Å². The normalized spacial score (nSPS) is 15.9. The first-order chi connectivity index (χ1) is 23.4. The molecule has 1 fully saturated rings. The molecule has 0 bridgehead atoms. The average molecular weight is 653 g/mol. The molecule has 1 aliphatic rings. The Morgan fingerprint density at radius 1 is 0.854 bits per heavy atom. The molecular weight excluding hydrogens is 604 g/mol. The first-order valence-corrected chi connectivity index (χ1v) is 16.8. The number of likely N-dealkylation sites (tertiary alicyclic amines) is 1. The molecule has 1 heterocycles. The van der Waals surface area contributed by atoms with Crippen LogP contribution in [0.3, 0.4) is 0 Å². The van der Waals surface area contributed by atoms with Crippen molar-refractivity contribution in [3.05, 3.63) is 127 Å². The van der Waals surface area contributed by atoms with E-state index in [0.29, 0.717) is 38.8 Å². The number of aliphatic hydroxyl groups is 1. The van der Waals surface area contributed by atoms with Gasteiger partial charge in [-0.15, -0.1) is 13.2 Å². The van der Waals surface area contributed by atoms with E-state index < -0.39 is 17.9 Å². The predicted octanol–water partition coefficient (Wildman–Crippen LogP) is 5.84. The molecule has 2 amide bonds. The summed E-state index contributed by atoms with van der Waals surface area (Å²) < 4.78 is 11.8. The summed E-state index contributed by atoms with van der Waals surface area (Å²) in [5.41, 5.74) is 3.02. The van der Waals surface area contributed by atoms with Gasteiger partial charge in [0.25, 0.3) is 0 Å². The molecule has 4 rings (SSSR count). The van der Waals surface area contributed by atoms with Gasteiger partial charge in [0.05, 0.1) is 30.5 Å². The third-order valence-corrected chi connectivity index (χ3v) is 8.69. The fraction of sp³-hybridized carbons (Fsp3) is 0.375. The molecule has 0 aliphatic carbocycles. The summed E-state index contributed by atoms with van der Waals surface area (Å²) in [6.07, 6.45) is 6.63. The van der Waals surface area contributed by atoms with Crippen LogP contribution < -0.4 is 10.1 Å². The number of rotatable bonds is 19. The monoisotopic (exact) mass is 652 g/mol. The van der Waals surface area contributed by atoms with Gasteiger partial charge >= 0.3 is 5.97 Å². The van der Waals surface area contributed by atoms with Crippen LogP contribution >= 0.6 is 0 Å². The van der Waals surface area contributed by atoms with Crippen molar-refractivity contribution < 1.29 is 29.0 Å². The summed E-state index contributed by atoms with van der Waals surface area (Å²) in [6.45, 7) is 8.52. The molecule has 4 atom stereocenters. The fourth-order valence-electron chi connectivity index (χ4n) is 6.05. The molecule has 3 aromatic carbocycles. The SMILES string of the molecule is C=CCC(CC(=O)N1CCCC1CO)C(=O)NC(COC(=O)C(CC=C)Cc1ccccc1)Cc1ccc(OCc2ccccc2)cc1. The number of esters is 1. The smallest absolute Gasteiger partial charge is 0.309 e. The number of nitrogens with zero attached hydrogens (tertiary/aromatic N) is 1. The summed E-state index contributed by atoms with van der Waals surface area (Å²) in [4.78, 5) is 41.8. The Morgan fingerprint density at radius 2 is 1.48 bits per heavy atom. The average Bonchev–Trinajstić information content (AvgIpc) is 3.60. The van der Waals surface area contributed by atoms with Crippen LogP contribution in [0.5, 0.6) is 5.75 Å². The lowest BCUT2D eigenvalue weighted by Crippen LogP contribution is -2.45. The second-order valence-electron chi connectivity index (χ2n) is 12.4. The Labute approximate surface area is 284 Å². The number of allylic oxidation sites excluding steroid dienone is 2. The minimum Gasteiger partial charge on any atom is -0.489 e. The molecule has 4 unspecified atom stereocenters. The molecular formula is C40H48N2O6. The van der Waals surface area contributed by atoms with Crippen molar-refractivity contribution in [1.29, 1.82) is 0 Å². The Bertz CT molecular complexity index is 1460. The van der Waals surface area contributed by atoms with Crippen LogP contribution in [0.2, 0.25) is 0 Å². The van der Waals surface area contributed by atoms with Gasteiger partial charge in [-0.1, -0.05) is 84.9 Å². The lowest BCUT2D eigenvalue weighted by molar-refractivity contribution is -0.149. The predicted molar refractivity (Wildman–Crippen MR) is 187 cm³/mol. The number of carbonyl (C=O) groups excluding carboxylic acids is 3. The van der Waals surface area contributed by atoms with Crippen LogP contribution in [0.4, 0.5) is 0 Å². The number of carbonyl (C=O) groups is 3. The highest BCUT2D eigenvalue weighted by atomic mass is 16.5. The number of ether oxygens (including phenoxy) is 2. The number of hydrogen-bond acceptors (Lipinski definition) is 6. The van der Waals surface area contributed by atoms with Crippen LogP contribution in [0.1, 0.15) is 48.8 Å². The molecule has 0 spiro atoms. The maximum atomic E-state index is 13.7. The minimum atomic E-state index is -0.645. The highest BCUT2D eigenvalue weighted by Crippen LogP contribution is 2.22. The number of nitrogens with one attached hydrogen (secondary N) is 1. The zero-order valence-corrected chi connectivity index (χ0v) is 27.7. The highest BCUT2D eigenvalue weighted by Gasteiger charge is 2.32. The lowest BCUT2D eigenvalue weighted by atomic mass is 9.96. The van der Waals surface area contributed by atoms with Crippen molar-refractivity contribution >= 4 is 17.8 Å². The maximum absolute atomic E-state index is 13.7. The van der Waals surface area contributed by atoms with Gasteiger partial charge in [-0.3, -0.25) is 14.4 Å². The van der Waals surface area contributed by atoms with Crippen LogP contribution in [0.25, 0.3) is 0 Å². The Hall–Kier alpha value is -4.69. The largest absolute Gasteiger partial charge is 0.489 e. The van der Waals surface area contributed by atoms with E-state index in [1.54, 1.807) is 17.1 Å². The first kappa shape index (κ1) is 36.2. The van der Waals surface area contributed by atoms with E-state index in [1.807, 2.05) is 84.9 Å². The topological polar surface area (TPSA) is 105 Å². The van der Waals surface area contributed by atoms with E-state index in [2.05, 4.69) is 18.5 Å². The number of benzene rings is 3. The van der Waals surface area contributed by atoms with E-state index in [-0.39, 0.29) is 43.5 Å². The zero-order chi connectivity index (χ0) is 34.1. The Morgan fingerprint density at radius 3 is 2.12 bits per heavy atom. The van der Waals surface area contributed by atoms with Crippen LogP contribution in [0, 0.1) is 11.8 Å². The molecule has 2 N–H and O–H groups in total. The molecule has 8 nitrogen and oxygen atoms in total. The van der Waals surface area contributed by atoms with Crippen molar-refractivity contribution in [3.8, 4) is 5.75 Å². The lowest BCUT2D eigenvalue weighted by Gasteiger charge is -2.26. The van der Waals surface area contributed by atoms with Crippen LogP contribution in [0.15, 0.2) is 110 Å². The third-order valence-electron chi connectivity index (χ3n) is 8.69. The second kappa shape index (κ2) is 19.2. The summed E-state index contributed by atoms with van der Waals surface area (Å²) in [6, 6.07) is 26.6. The molecule has 0 aromatic heterocycles. The van der Waals surface area contributed by atoms with Crippen molar-refractivity contribution in [2.75, 3.05) is 19.8 Å². The van der Waals surface area contributed by atoms with Gasteiger partial charge in [-0.05, 0) is 67.3 Å². The van der Waals surface area contributed by atoms with Gasteiger partial charge in [-0.2, -0.15) is 0 Å². The van der Waals surface area contributed by atoms with E-state index in [0.717, 1.165) is 35.3 Å². The molecule has 0 saturated carbocycles. The molecule has 1 saturated heterocycles. The molecule has 0 radical (unpaired) electrons. The van der Waals surface area contributed by atoms with Crippen LogP contribution in [-0.2, 0) is 38.6 Å². The van der Waals surface area contributed by atoms with E-state index in [1.165, 1.54) is 0 Å². The maximum Gasteiger partial charge on any atom is 0.309 e. The number of hydrogen-bond donors (Lipinski definition) is 2. The van der Waals surface area contributed by atoms with E-state index >= 15 is 0 Å². The van der Waals surface area contributed by atoms with Crippen molar-refractivity contribution in [1.82, 2.24) is 10.2 Å². The van der Waals surface area contributed by atoms with Gasteiger partial charge in [0.15, 0.2) is 0 Å². The van der Waals surface area contributed by atoms with Gasteiger partial charge in [0, 0.05) is 13.0 Å².